The van der Waals surface area contributed by atoms with Crippen LogP contribution in [0.4, 0.5) is 5.95 Å². The van der Waals surface area contributed by atoms with Gasteiger partial charge in [-0.25, -0.2) is 4.98 Å². The molecule has 2 aromatic rings. The number of hydrogen-bond donors (Lipinski definition) is 4. The Morgan fingerprint density at radius 1 is 1.34 bits per heavy atom. The van der Waals surface area contributed by atoms with Crippen LogP contribution in [-0.2, 0) is 21.0 Å². The summed E-state index contributed by atoms with van der Waals surface area (Å²) in [4.78, 5) is 35.8. The van der Waals surface area contributed by atoms with Crippen molar-refractivity contribution in [2.75, 3.05) is 26.0 Å². The summed E-state index contributed by atoms with van der Waals surface area (Å²) in [5.74, 6) is 0.381. The molecule has 2 aromatic heterocycles. The third-order valence-electron chi connectivity index (χ3n) is 6.13. The van der Waals surface area contributed by atoms with Crippen molar-refractivity contribution in [2.24, 2.45) is 11.8 Å². The molecule has 0 saturated carbocycles. The predicted molar refractivity (Wildman–Crippen MR) is 121 cm³/mol. The smallest absolute Gasteiger partial charge is 0.326 e. The van der Waals surface area contributed by atoms with Gasteiger partial charge in [0.25, 0.3) is 5.56 Å². The zero-order chi connectivity index (χ0) is 24.3. The molecule has 5 N–H and O–H groups in total. The Kier molecular flexibility index (Phi) is 8.02. The summed E-state index contributed by atoms with van der Waals surface area (Å²) in [6, 6.07) is 0. The maximum Gasteiger partial charge on any atom is 0.326 e. The Hall–Kier alpha value is -2.50. The summed E-state index contributed by atoms with van der Waals surface area (Å²) in [5, 5.41) is 13.1. The van der Waals surface area contributed by atoms with Crippen LogP contribution in [-0.4, -0.2) is 62.0 Å². The minimum atomic E-state index is -1.18. The van der Waals surface area contributed by atoms with E-state index in [1.165, 1.54) is 0 Å². The van der Waals surface area contributed by atoms with Crippen LogP contribution in [0.25, 0.3) is 11.2 Å². The number of carbonyl (C=O) groups is 1. The molecule has 11 heteroatoms. The molecule has 0 aliphatic heterocycles. The fraction of sp³-hybridized carbons (Fsp3) is 0.714. The van der Waals surface area contributed by atoms with Gasteiger partial charge in [-0.1, -0.05) is 27.2 Å². The third-order valence-corrected chi connectivity index (χ3v) is 6.13. The predicted octanol–water partition coefficient (Wildman–Crippen LogP) is 0.939. The summed E-state index contributed by atoms with van der Waals surface area (Å²) in [6.07, 6.45) is 0.806. The number of rotatable bonds is 11. The van der Waals surface area contributed by atoms with Crippen molar-refractivity contribution < 1.29 is 19.4 Å². The highest BCUT2D eigenvalue weighted by atomic mass is 16.6. The van der Waals surface area contributed by atoms with Crippen LogP contribution in [0.15, 0.2) is 4.79 Å². The van der Waals surface area contributed by atoms with E-state index in [2.05, 4.69) is 34.1 Å². The van der Waals surface area contributed by atoms with Gasteiger partial charge in [0.05, 0.1) is 6.61 Å². The van der Waals surface area contributed by atoms with E-state index < -0.39 is 22.7 Å². The number of likely N-dealkylation sites (N-methyl/N-ethyl adjacent to an activating group) is 1. The molecule has 0 aliphatic carbocycles. The Morgan fingerprint density at radius 2 is 2.00 bits per heavy atom. The lowest BCUT2D eigenvalue weighted by molar-refractivity contribution is -0.172. The highest BCUT2D eigenvalue weighted by Crippen LogP contribution is 2.29. The summed E-state index contributed by atoms with van der Waals surface area (Å²) >= 11 is 0. The van der Waals surface area contributed by atoms with E-state index in [1.54, 1.807) is 25.5 Å². The zero-order valence-corrected chi connectivity index (χ0v) is 20.0. The number of aromatic amines is 1. The maximum absolute atomic E-state index is 13.0. The lowest BCUT2D eigenvalue weighted by Gasteiger charge is -2.38. The molecule has 11 nitrogen and oxygen atoms in total. The number of aliphatic hydroxyl groups excluding tert-OH is 1. The second-order valence-electron chi connectivity index (χ2n) is 8.88. The largest absolute Gasteiger partial charge is 0.461 e. The Labute approximate surface area is 187 Å². The van der Waals surface area contributed by atoms with E-state index in [9.17, 15) is 14.7 Å². The van der Waals surface area contributed by atoms with Crippen LogP contribution >= 0.6 is 0 Å². The number of aromatic nitrogens is 4. The summed E-state index contributed by atoms with van der Waals surface area (Å²) < 4.78 is 13.1. The van der Waals surface area contributed by atoms with Gasteiger partial charge in [-0.3, -0.25) is 19.1 Å². The minimum absolute atomic E-state index is 0.0375. The summed E-state index contributed by atoms with van der Waals surface area (Å²) in [6.45, 7) is 10.7. The van der Waals surface area contributed by atoms with Gasteiger partial charge in [-0.05, 0) is 39.7 Å². The van der Waals surface area contributed by atoms with Gasteiger partial charge in [0.1, 0.15) is 30.3 Å². The molecule has 180 valence electrons. The first-order valence-corrected chi connectivity index (χ1v) is 10.8. The van der Waals surface area contributed by atoms with Gasteiger partial charge in [0, 0.05) is 0 Å². The monoisotopic (exact) mass is 452 g/mol. The molecule has 3 atom stereocenters. The van der Waals surface area contributed by atoms with Crippen LogP contribution in [0, 0.1) is 18.8 Å². The number of imidazole rings is 1. The standard InChI is InChI=1S/C21H36N6O5/c1-8-14(12(2)3)21(6,23-7)18(30)31-10-20(5,9-28)32-11-27-13(4)24-15-16(27)25-19(22)26-17(15)29/h12,14,23,28H,8-11H2,1-7H3,(H3,22,25,26,29)/t14-,20?,21?/m1/s1. The van der Waals surface area contributed by atoms with Gasteiger partial charge >= 0.3 is 5.97 Å². The Balaban J connectivity index is 2.17. The Morgan fingerprint density at radius 3 is 2.53 bits per heavy atom. The molecule has 0 amide bonds. The van der Waals surface area contributed by atoms with Crippen LogP contribution in [0.5, 0.6) is 0 Å². The van der Waals surface area contributed by atoms with E-state index >= 15 is 0 Å². The average molecular weight is 453 g/mol. The molecular formula is C21H36N6O5. The summed E-state index contributed by atoms with van der Waals surface area (Å²) in [5.41, 5.74) is 3.56. The molecule has 2 unspecified atom stereocenters. The number of aliphatic hydroxyl groups is 1. The van der Waals surface area contributed by atoms with E-state index in [4.69, 9.17) is 15.2 Å². The second kappa shape index (κ2) is 9.97. The topological polar surface area (TPSA) is 157 Å². The molecule has 0 aromatic carbocycles. The number of nitrogen functional groups attached to an aromatic ring is 1. The number of carbonyl (C=O) groups excluding carboxylic acids is 1. The van der Waals surface area contributed by atoms with E-state index in [-0.39, 0.29) is 48.9 Å². The number of hydrogen-bond acceptors (Lipinski definition) is 9. The SMILES string of the molecule is CC[C@H](C(C)C)C(C)(NC)C(=O)OCC(C)(CO)OCn1c(C)nc2c(=O)[nH]c(N)nc21. The molecule has 0 spiro atoms. The van der Waals surface area contributed by atoms with E-state index in [0.29, 0.717) is 5.82 Å². The Bertz CT molecular complexity index is 1000. The molecule has 0 saturated heterocycles. The van der Waals surface area contributed by atoms with Crippen molar-refractivity contribution in [1.29, 1.82) is 0 Å². The zero-order valence-electron chi connectivity index (χ0n) is 20.0. The minimum Gasteiger partial charge on any atom is -0.461 e. The van der Waals surface area contributed by atoms with Crippen molar-refractivity contribution in [1.82, 2.24) is 24.8 Å². The molecule has 2 rings (SSSR count). The van der Waals surface area contributed by atoms with Crippen molar-refractivity contribution in [3.8, 4) is 0 Å². The fourth-order valence-electron chi connectivity index (χ4n) is 4.00. The van der Waals surface area contributed by atoms with E-state index in [1.807, 2.05) is 13.8 Å². The molecule has 32 heavy (non-hydrogen) atoms. The highest BCUT2D eigenvalue weighted by molar-refractivity contribution is 5.81. The number of nitrogens with zero attached hydrogens (tertiary/aromatic N) is 3. The number of fused-ring (bicyclic) bond motifs is 1. The molecule has 0 radical (unpaired) electrons. The lowest BCUT2D eigenvalue weighted by Crippen LogP contribution is -2.56. The number of ether oxygens (including phenoxy) is 2. The molecule has 0 bridgehead atoms. The van der Waals surface area contributed by atoms with Gasteiger partial charge in [-0.2, -0.15) is 4.98 Å². The fourth-order valence-corrected chi connectivity index (χ4v) is 4.00. The van der Waals surface area contributed by atoms with E-state index in [0.717, 1.165) is 6.42 Å². The number of nitrogens with one attached hydrogen (secondary N) is 2. The number of esters is 1. The van der Waals surface area contributed by atoms with Crippen LogP contribution in [0.3, 0.4) is 0 Å². The number of nitrogens with two attached hydrogens (primary N) is 1. The quantitative estimate of drug-likeness (QED) is 0.364. The first-order valence-electron chi connectivity index (χ1n) is 10.8. The lowest BCUT2D eigenvalue weighted by atomic mass is 9.76. The van der Waals surface area contributed by atoms with Crippen LogP contribution in [0.1, 0.15) is 46.9 Å². The first-order chi connectivity index (χ1) is 14.9. The average Bonchev–Trinajstić information content (AvgIpc) is 3.05. The third kappa shape index (κ3) is 5.11. The molecular weight excluding hydrogens is 416 g/mol. The number of anilines is 1. The normalized spacial score (nSPS) is 16.7. The second-order valence-corrected chi connectivity index (χ2v) is 8.88. The summed E-state index contributed by atoms with van der Waals surface area (Å²) in [7, 11) is 1.74. The van der Waals surface area contributed by atoms with Gasteiger partial charge in [-0.15, -0.1) is 0 Å². The maximum atomic E-state index is 13.0. The molecule has 0 fully saturated rings. The van der Waals surface area contributed by atoms with Crippen molar-refractivity contribution in [3.63, 3.8) is 0 Å². The van der Waals surface area contributed by atoms with Crippen LogP contribution < -0.4 is 16.6 Å². The first kappa shape index (κ1) is 25.8. The highest BCUT2D eigenvalue weighted by Gasteiger charge is 2.43. The number of H-pyrrole nitrogens is 1. The number of aryl methyl sites for hydroxylation is 1. The van der Waals surface area contributed by atoms with Crippen LogP contribution in [0.2, 0.25) is 0 Å². The van der Waals surface area contributed by atoms with Crippen molar-refractivity contribution in [3.05, 3.63) is 16.2 Å². The molecule has 2 heterocycles. The van der Waals surface area contributed by atoms with Gasteiger partial charge in [0.15, 0.2) is 11.2 Å². The van der Waals surface area contributed by atoms with Crippen molar-refractivity contribution >= 4 is 23.1 Å². The molecule has 0 aliphatic rings. The van der Waals surface area contributed by atoms with Gasteiger partial charge in [0.2, 0.25) is 5.95 Å². The van der Waals surface area contributed by atoms with Crippen molar-refractivity contribution in [2.45, 2.75) is 65.8 Å². The van der Waals surface area contributed by atoms with Gasteiger partial charge < -0.3 is 25.6 Å².